The minimum absolute atomic E-state index is 0. The van der Waals surface area contributed by atoms with Crippen molar-refractivity contribution in [3.8, 4) is 0 Å². The molecule has 0 fully saturated rings. The van der Waals surface area contributed by atoms with Crippen molar-refractivity contribution in [1.82, 2.24) is 0 Å². The molecule has 0 rings (SSSR count). The summed E-state index contributed by atoms with van der Waals surface area (Å²) in [5, 5.41) is 0. The SMILES string of the molecule is [B-]CC.[B-]CC.[B-]CC.[B-]CC.[B-]CC.[V]. The molecule has 0 aromatic rings. The molecule has 0 spiro atoms. The average Bonchev–Trinajstić information content (AvgIpc) is 2.09. The van der Waals surface area contributed by atoms with Crippen LogP contribution in [0.4, 0.5) is 0 Å². The first-order valence-electron chi connectivity index (χ1n) is 5.58. The summed E-state index contributed by atoms with van der Waals surface area (Å²) in [5.74, 6) is 0. The van der Waals surface area contributed by atoms with Crippen LogP contribution in [0.1, 0.15) is 34.6 Å². The average molecular weight is 250 g/mol. The molecule has 0 aromatic heterocycles. The molecule has 6 heteroatoms. The van der Waals surface area contributed by atoms with Gasteiger partial charge in [0.25, 0.3) is 0 Å². The van der Waals surface area contributed by atoms with Gasteiger partial charge < -0.3 is 39.2 Å². The second kappa shape index (κ2) is 101. The van der Waals surface area contributed by atoms with E-state index in [4.69, 9.17) is 39.2 Å². The fourth-order valence-corrected chi connectivity index (χ4v) is 0. The van der Waals surface area contributed by atoms with Crippen LogP contribution >= 0.6 is 0 Å². The maximum absolute atomic E-state index is 4.85. The molecule has 16 radical (unpaired) electrons. The third-order valence-corrected chi connectivity index (χ3v) is 0. The Labute approximate surface area is 124 Å². The molecule has 90 valence electrons. The third kappa shape index (κ3) is 3490. The van der Waals surface area contributed by atoms with Crippen LogP contribution in [-0.2, 0) is 18.6 Å². The van der Waals surface area contributed by atoms with Crippen LogP contribution < -0.4 is 0 Å². The predicted molar refractivity (Wildman–Crippen MR) is 81.2 cm³/mol. The molecule has 0 nitrogen and oxygen atoms in total. The Bertz CT molecular complexity index is 30.8. The van der Waals surface area contributed by atoms with Crippen LogP contribution in [-0.4, -0.2) is 39.2 Å². The molecule has 0 aliphatic rings. The van der Waals surface area contributed by atoms with Gasteiger partial charge in [-0.2, -0.15) is 0 Å². The topological polar surface area (TPSA) is 0 Å². The molecule has 0 aliphatic heterocycles. The molecule has 0 saturated carbocycles. The van der Waals surface area contributed by atoms with Crippen LogP contribution in [0, 0.1) is 0 Å². The molecule has 0 unspecified atom stereocenters. The van der Waals surface area contributed by atoms with Gasteiger partial charge in [-0.25, -0.2) is 0 Å². The van der Waals surface area contributed by atoms with Crippen molar-refractivity contribution in [2.45, 2.75) is 66.2 Å². The van der Waals surface area contributed by atoms with E-state index in [9.17, 15) is 0 Å². The van der Waals surface area contributed by atoms with Crippen molar-refractivity contribution in [1.29, 1.82) is 0 Å². The van der Waals surface area contributed by atoms with E-state index in [0.717, 1.165) is 31.6 Å². The molecule has 0 N–H and O–H groups in total. The second-order valence-electron chi connectivity index (χ2n) is 2.04. The standard InChI is InChI=1S/5C2H5B.V/c5*1-2-3;/h5*2H2,1H3;/q5*-1;. The minimum Gasteiger partial charge on any atom is -0.626 e. The zero-order valence-corrected chi connectivity index (χ0v) is 13.3. The summed E-state index contributed by atoms with van der Waals surface area (Å²) >= 11 is 0. The van der Waals surface area contributed by atoms with E-state index in [2.05, 4.69) is 0 Å². The molecule has 0 saturated heterocycles. The van der Waals surface area contributed by atoms with Crippen molar-refractivity contribution < 1.29 is 18.6 Å². The van der Waals surface area contributed by atoms with Gasteiger partial charge >= 0.3 is 0 Å². The summed E-state index contributed by atoms with van der Waals surface area (Å²) in [7, 11) is 24.2. The van der Waals surface area contributed by atoms with Gasteiger partial charge in [0.15, 0.2) is 0 Å². The molecule has 0 bridgehead atoms. The largest absolute Gasteiger partial charge is 0.626 e. The van der Waals surface area contributed by atoms with Crippen LogP contribution in [0.3, 0.4) is 0 Å². The summed E-state index contributed by atoms with van der Waals surface area (Å²) in [5.41, 5.74) is 0. The van der Waals surface area contributed by atoms with Gasteiger partial charge in [-0.05, 0) is 0 Å². The van der Waals surface area contributed by atoms with Crippen LogP contribution in [0.15, 0.2) is 0 Å². The Morgan fingerprint density at radius 3 is 0.438 bits per heavy atom. The molecule has 0 aromatic carbocycles. The van der Waals surface area contributed by atoms with Gasteiger partial charge in [0, 0.05) is 18.6 Å². The predicted octanol–water partition coefficient (Wildman–Crippen LogP) is 2.96. The monoisotopic (exact) mass is 251 g/mol. The first-order chi connectivity index (χ1) is 7.07. The van der Waals surface area contributed by atoms with Gasteiger partial charge in [-0.3, -0.25) is 31.6 Å². The molecular formula is C10H25B5V-5. The van der Waals surface area contributed by atoms with E-state index in [1.54, 1.807) is 0 Å². The van der Waals surface area contributed by atoms with E-state index >= 15 is 0 Å². The van der Waals surface area contributed by atoms with Crippen LogP contribution in [0.2, 0.25) is 31.6 Å². The Kier molecular flexibility index (Phi) is 228. The van der Waals surface area contributed by atoms with E-state index in [1.165, 1.54) is 0 Å². The fourth-order valence-electron chi connectivity index (χ4n) is 0. The Morgan fingerprint density at radius 1 is 0.438 bits per heavy atom. The van der Waals surface area contributed by atoms with E-state index in [1.807, 2.05) is 34.6 Å². The van der Waals surface area contributed by atoms with E-state index in [0.29, 0.717) is 0 Å². The van der Waals surface area contributed by atoms with E-state index < -0.39 is 0 Å². The summed E-state index contributed by atoms with van der Waals surface area (Å²) in [4.78, 5) is 0. The molecule has 0 amide bonds. The van der Waals surface area contributed by atoms with Crippen molar-refractivity contribution in [3.63, 3.8) is 0 Å². The summed E-state index contributed by atoms with van der Waals surface area (Å²) in [6, 6.07) is 0. The Balaban J connectivity index is -0.0000000192. The molecule has 0 atom stereocenters. The van der Waals surface area contributed by atoms with Crippen molar-refractivity contribution in [2.24, 2.45) is 0 Å². The van der Waals surface area contributed by atoms with Crippen LogP contribution in [0.5, 0.6) is 0 Å². The quantitative estimate of drug-likeness (QED) is 0.580. The second-order valence-corrected chi connectivity index (χ2v) is 2.04. The molecular weight excluding hydrogens is 225 g/mol. The first kappa shape index (κ1) is 36.0. The van der Waals surface area contributed by atoms with Gasteiger partial charge in [0.1, 0.15) is 0 Å². The van der Waals surface area contributed by atoms with Crippen molar-refractivity contribution >= 4 is 39.2 Å². The zero-order valence-electron chi connectivity index (χ0n) is 11.9. The third-order valence-electron chi connectivity index (χ3n) is 0. The summed E-state index contributed by atoms with van der Waals surface area (Å²) in [6.07, 6.45) is 3.75. The Morgan fingerprint density at radius 2 is 0.438 bits per heavy atom. The Hall–Kier alpha value is 0.909. The zero-order chi connectivity index (χ0) is 13.5. The smallest absolute Gasteiger partial charge is 0 e. The normalized spacial score (nSPS) is 5.62. The molecule has 0 heterocycles. The van der Waals surface area contributed by atoms with Gasteiger partial charge in [-0.15, -0.1) is 34.6 Å². The minimum atomic E-state index is 0. The van der Waals surface area contributed by atoms with Crippen LogP contribution in [0.25, 0.3) is 0 Å². The number of hydrogen-bond donors (Lipinski definition) is 0. The van der Waals surface area contributed by atoms with Gasteiger partial charge in [-0.1, -0.05) is 0 Å². The maximum atomic E-state index is 4.85. The number of hydrogen-bond acceptors (Lipinski definition) is 0. The summed E-state index contributed by atoms with van der Waals surface area (Å²) in [6.45, 7) is 9.51. The first-order valence-corrected chi connectivity index (χ1v) is 5.58. The summed E-state index contributed by atoms with van der Waals surface area (Å²) < 4.78 is 0. The number of rotatable bonds is 0. The fraction of sp³-hybridized carbons (Fsp3) is 1.00. The maximum Gasteiger partial charge on any atom is 0 e. The molecule has 16 heavy (non-hydrogen) atoms. The van der Waals surface area contributed by atoms with Gasteiger partial charge in [0.2, 0.25) is 0 Å². The molecule has 0 aliphatic carbocycles. The van der Waals surface area contributed by atoms with Crippen molar-refractivity contribution in [2.75, 3.05) is 0 Å². The van der Waals surface area contributed by atoms with Gasteiger partial charge in [0.05, 0.1) is 0 Å². The van der Waals surface area contributed by atoms with Crippen molar-refractivity contribution in [3.05, 3.63) is 0 Å². The van der Waals surface area contributed by atoms with E-state index in [-0.39, 0.29) is 18.6 Å².